The molecule has 0 spiro atoms. The van der Waals surface area contributed by atoms with Gasteiger partial charge in [0.2, 0.25) is 5.91 Å². The highest BCUT2D eigenvalue weighted by Gasteiger charge is 2.24. The van der Waals surface area contributed by atoms with Crippen LogP contribution in [-0.4, -0.2) is 24.8 Å². The van der Waals surface area contributed by atoms with Crippen molar-refractivity contribution in [1.29, 1.82) is 0 Å². The molecule has 0 fully saturated rings. The van der Waals surface area contributed by atoms with Gasteiger partial charge in [0, 0.05) is 23.6 Å². The number of halogens is 1. The number of benzene rings is 3. The number of amides is 3. The van der Waals surface area contributed by atoms with E-state index in [1.807, 2.05) is 0 Å². The van der Waals surface area contributed by atoms with E-state index in [0.717, 1.165) is 0 Å². The second kappa shape index (κ2) is 9.64. The smallest absolute Gasteiger partial charge is 0.255 e. The number of nitrogens with two attached hydrogens (primary N) is 1. The summed E-state index contributed by atoms with van der Waals surface area (Å²) in [5, 5.41) is 5.64. The Morgan fingerprint density at radius 1 is 1.03 bits per heavy atom. The molecule has 7 nitrogen and oxygen atoms in total. The lowest BCUT2D eigenvalue weighted by Gasteiger charge is -2.11. The van der Waals surface area contributed by atoms with Crippen molar-refractivity contribution in [2.24, 2.45) is 5.73 Å². The highest BCUT2D eigenvalue weighted by atomic mass is 19.1. The van der Waals surface area contributed by atoms with Crippen molar-refractivity contribution in [3.05, 3.63) is 96.0 Å². The Balaban J connectivity index is 1.99. The maximum atomic E-state index is 13.5. The van der Waals surface area contributed by atoms with Crippen molar-refractivity contribution in [1.82, 2.24) is 10.6 Å². The van der Waals surface area contributed by atoms with E-state index in [1.54, 1.807) is 36.4 Å². The molecular formula is C27H22FN3O4. The van der Waals surface area contributed by atoms with Crippen LogP contribution in [0.15, 0.2) is 77.9 Å². The minimum absolute atomic E-state index is 0.0871. The molecule has 4 rings (SSSR count). The van der Waals surface area contributed by atoms with Gasteiger partial charge in [-0.1, -0.05) is 18.7 Å². The Hall–Kier alpha value is -4.72. The number of rotatable bonds is 7. The molecule has 1 aromatic heterocycles. The van der Waals surface area contributed by atoms with Crippen LogP contribution in [0, 0.1) is 5.82 Å². The molecule has 0 aliphatic heterocycles. The number of primary amides is 1. The molecule has 4 N–H and O–H groups in total. The molecule has 0 atom stereocenters. The maximum absolute atomic E-state index is 13.5. The third kappa shape index (κ3) is 4.67. The molecule has 35 heavy (non-hydrogen) atoms. The lowest BCUT2D eigenvalue weighted by atomic mass is 9.93. The zero-order chi connectivity index (χ0) is 25.1. The number of hydrogen-bond acceptors (Lipinski definition) is 4. The Bertz CT molecular complexity index is 1470. The zero-order valence-corrected chi connectivity index (χ0v) is 18.9. The molecule has 0 aliphatic rings. The highest BCUT2D eigenvalue weighted by Crippen LogP contribution is 2.38. The summed E-state index contributed by atoms with van der Waals surface area (Å²) in [4.78, 5) is 37.1. The first kappa shape index (κ1) is 23.4. The normalized spacial score (nSPS) is 10.7. The summed E-state index contributed by atoms with van der Waals surface area (Å²) in [5.74, 6) is -1.44. The fourth-order valence-corrected chi connectivity index (χ4v) is 3.95. The van der Waals surface area contributed by atoms with Crippen molar-refractivity contribution in [3.8, 4) is 22.5 Å². The minimum Gasteiger partial charge on any atom is -0.455 e. The number of fused-ring (bicyclic) bond motifs is 1. The molecule has 4 aromatic rings. The van der Waals surface area contributed by atoms with Crippen LogP contribution >= 0.6 is 0 Å². The quantitative estimate of drug-likeness (QED) is 0.375. The Labute approximate surface area is 200 Å². The zero-order valence-electron chi connectivity index (χ0n) is 18.9. The van der Waals surface area contributed by atoms with Crippen LogP contribution in [0.1, 0.15) is 26.3 Å². The summed E-state index contributed by atoms with van der Waals surface area (Å²) in [6, 6.07) is 15.8. The summed E-state index contributed by atoms with van der Waals surface area (Å²) in [7, 11) is 1.50. The van der Waals surface area contributed by atoms with Gasteiger partial charge in [-0.15, -0.1) is 0 Å². The van der Waals surface area contributed by atoms with Crippen LogP contribution in [0.5, 0.6) is 0 Å². The molecule has 0 radical (unpaired) electrons. The predicted molar refractivity (Wildman–Crippen MR) is 131 cm³/mol. The largest absolute Gasteiger partial charge is 0.455 e. The van der Waals surface area contributed by atoms with Gasteiger partial charge in [0.25, 0.3) is 11.8 Å². The highest BCUT2D eigenvalue weighted by molar-refractivity contribution is 6.12. The van der Waals surface area contributed by atoms with Gasteiger partial charge >= 0.3 is 0 Å². The number of furan rings is 1. The van der Waals surface area contributed by atoms with Crippen molar-refractivity contribution < 1.29 is 23.2 Å². The Kier molecular flexibility index (Phi) is 6.46. The minimum atomic E-state index is -0.553. The fraction of sp³-hybridized carbons (Fsp3) is 0.0741. The second-order valence-electron chi connectivity index (χ2n) is 7.80. The third-order valence-corrected chi connectivity index (χ3v) is 5.51. The van der Waals surface area contributed by atoms with Gasteiger partial charge in [0.1, 0.15) is 17.2 Å². The summed E-state index contributed by atoms with van der Waals surface area (Å²) in [5.41, 5.74) is 8.85. The first-order valence-electron chi connectivity index (χ1n) is 10.7. The molecule has 0 aliphatic carbocycles. The standard InChI is InChI=1S/C27H22FN3O4/c1-3-31-26(33)17-6-4-5-16(11-17)20-14-21-22(12-18(20)13-23(29)32)35-25(24(21)27(34)30-2)15-7-9-19(28)10-8-15/h3-12,14H,1,13H2,2H3,(H2,29,32)(H,30,34)(H,31,33). The van der Waals surface area contributed by atoms with Crippen LogP contribution in [-0.2, 0) is 11.2 Å². The summed E-state index contributed by atoms with van der Waals surface area (Å²) >= 11 is 0. The Morgan fingerprint density at radius 2 is 1.77 bits per heavy atom. The van der Waals surface area contributed by atoms with E-state index in [4.69, 9.17) is 10.2 Å². The van der Waals surface area contributed by atoms with E-state index in [2.05, 4.69) is 17.2 Å². The first-order chi connectivity index (χ1) is 16.8. The monoisotopic (exact) mass is 471 g/mol. The van der Waals surface area contributed by atoms with Gasteiger partial charge in [-0.25, -0.2) is 4.39 Å². The molecule has 3 amide bonds. The fourth-order valence-electron chi connectivity index (χ4n) is 3.95. The van der Waals surface area contributed by atoms with E-state index in [1.165, 1.54) is 37.5 Å². The average Bonchev–Trinajstić information content (AvgIpc) is 3.21. The van der Waals surface area contributed by atoms with Crippen molar-refractivity contribution in [2.45, 2.75) is 6.42 Å². The van der Waals surface area contributed by atoms with Crippen LogP contribution in [0.2, 0.25) is 0 Å². The van der Waals surface area contributed by atoms with Gasteiger partial charge in [-0.05, 0) is 71.4 Å². The van der Waals surface area contributed by atoms with E-state index >= 15 is 0 Å². The SMILES string of the molecule is C=CNC(=O)c1cccc(-c2cc3c(C(=O)NC)c(-c4ccc(F)cc4)oc3cc2CC(N)=O)c1. The molecule has 3 aromatic carbocycles. The van der Waals surface area contributed by atoms with Gasteiger partial charge in [0.05, 0.1) is 12.0 Å². The van der Waals surface area contributed by atoms with Crippen LogP contribution in [0.25, 0.3) is 33.4 Å². The van der Waals surface area contributed by atoms with Crippen molar-refractivity contribution >= 4 is 28.7 Å². The number of carbonyl (C=O) groups excluding carboxylic acids is 3. The van der Waals surface area contributed by atoms with Crippen molar-refractivity contribution in [2.75, 3.05) is 7.05 Å². The topological polar surface area (TPSA) is 114 Å². The molecule has 0 unspecified atom stereocenters. The summed E-state index contributed by atoms with van der Waals surface area (Å²) < 4.78 is 19.5. The Morgan fingerprint density at radius 3 is 2.43 bits per heavy atom. The molecule has 0 bridgehead atoms. The van der Waals surface area contributed by atoms with Gasteiger partial charge < -0.3 is 20.8 Å². The molecule has 0 saturated carbocycles. The number of hydrogen-bond donors (Lipinski definition) is 3. The number of nitrogens with one attached hydrogen (secondary N) is 2. The maximum Gasteiger partial charge on any atom is 0.255 e. The van der Waals surface area contributed by atoms with Crippen LogP contribution in [0.3, 0.4) is 0 Å². The van der Waals surface area contributed by atoms with E-state index < -0.39 is 17.6 Å². The molecule has 0 saturated heterocycles. The van der Waals surface area contributed by atoms with Crippen LogP contribution < -0.4 is 16.4 Å². The van der Waals surface area contributed by atoms with E-state index in [9.17, 15) is 18.8 Å². The van der Waals surface area contributed by atoms with E-state index in [-0.39, 0.29) is 23.7 Å². The molecular weight excluding hydrogens is 449 g/mol. The van der Waals surface area contributed by atoms with Gasteiger partial charge in [-0.3, -0.25) is 14.4 Å². The summed E-state index contributed by atoms with van der Waals surface area (Å²) in [6.07, 6.45) is 1.20. The second-order valence-corrected chi connectivity index (χ2v) is 7.80. The molecule has 1 heterocycles. The summed E-state index contributed by atoms with van der Waals surface area (Å²) in [6.45, 7) is 3.50. The lowest BCUT2D eigenvalue weighted by Crippen LogP contribution is -2.18. The predicted octanol–water partition coefficient (Wildman–Crippen LogP) is 4.17. The van der Waals surface area contributed by atoms with Crippen LogP contribution in [0.4, 0.5) is 4.39 Å². The van der Waals surface area contributed by atoms with Crippen molar-refractivity contribution in [3.63, 3.8) is 0 Å². The van der Waals surface area contributed by atoms with Gasteiger partial charge in [0.15, 0.2) is 0 Å². The third-order valence-electron chi connectivity index (χ3n) is 5.51. The van der Waals surface area contributed by atoms with E-state index in [0.29, 0.717) is 38.8 Å². The van der Waals surface area contributed by atoms with Gasteiger partial charge in [-0.2, -0.15) is 0 Å². The molecule has 8 heteroatoms. The average molecular weight is 471 g/mol. The number of carbonyl (C=O) groups is 3. The lowest BCUT2D eigenvalue weighted by molar-refractivity contribution is -0.117. The first-order valence-corrected chi connectivity index (χ1v) is 10.7. The molecule has 176 valence electrons.